The number of carboxylic acid groups (broad SMARTS) is 4. The number of aliphatic carboxylic acids is 4. The lowest BCUT2D eigenvalue weighted by molar-refractivity contribution is -0.149. The van der Waals surface area contributed by atoms with Crippen molar-refractivity contribution in [2.75, 3.05) is 0 Å². The highest BCUT2D eigenvalue weighted by atomic mass is 16.4. The molecule has 8 heteroatoms. The SMILES string of the molecule is CC(CC(=O)O)CC(C)(C)C(=O)O.O=C(O)CCCCC(=O)O. The normalized spacial score (nSPS) is 11.8. The van der Waals surface area contributed by atoms with Crippen molar-refractivity contribution in [3.63, 3.8) is 0 Å². The predicted octanol–water partition coefficient (Wildman–Crippen LogP) is 2.31. The van der Waals surface area contributed by atoms with Crippen molar-refractivity contribution in [3.8, 4) is 0 Å². The minimum absolute atomic E-state index is 0.0245. The highest BCUT2D eigenvalue weighted by Crippen LogP contribution is 2.27. The Morgan fingerprint density at radius 1 is 0.826 bits per heavy atom. The van der Waals surface area contributed by atoms with Gasteiger partial charge in [0.15, 0.2) is 0 Å². The van der Waals surface area contributed by atoms with Crippen LogP contribution in [0.4, 0.5) is 0 Å². The maximum absolute atomic E-state index is 10.7. The zero-order valence-electron chi connectivity index (χ0n) is 13.7. The van der Waals surface area contributed by atoms with E-state index in [4.69, 9.17) is 20.4 Å². The number of carboxylic acids is 4. The van der Waals surface area contributed by atoms with E-state index >= 15 is 0 Å². The first-order valence-corrected chi connectivity index (χ1v) is 7.27. The van der Waals surface area contributed by atoms with Gasteiger partial charge in [-0.3, -0.25) is 19.2 Å². The van der Waals surface area contributed by atoms with E-state index in [2.05, 4.69) is 0 Å². The van der Waals surface area contributed by atoms with Gasteiger partial charge in [-0.1, -0.05) is 6.92 Å². The summed E-state index contributed by atoms with van der Waals surface area (Å²) in [6.45, 7) is 4.96. The van der Waals surface area contributed by atoms with E-state index in [0.717, 1.165) is 0 Å². The summed E-state index contributed by atoms with van der Waals surface area (Å²) >= 11 is 0. The molecule has 0 aliphatic carbocycles. The largest absolute Gasteiger partial charge is 0.481 e. The molecule has 0 aromatic carbocycles. The molecule has 0 saturated heterocycles. The van der Waals surface area contributed by atoms with Gasteiger partial charge in [0, 0.05) is 19.3 Å². The van der Waals surface area contributed by atoms with E-state index in [1.165, 1.54) is 0 Å². The monoisotopic (exact) mass is 334 g/mol. The van der Waals surface area contributed by atoms with Gasteiger partial charge in [-0.2, -0.15) is 0 Å². The molecule has 0 saturated carbocycles. The third kappa shape index (κ3) is 16.1. The average Bonchev–Trinajstić information content (AvgIpc) is 2.33. The minimum Gasteiger partial charge on any atom is -0.481 e. The van der Waals surface area contributed by atoms with E-state index in [1.54, 1.807) is 20.8 Å². The summed E-state index contributed by atoms with van der Waals surface area (Å²) in [5, 5.41) is 33.5. The fourth-order valence-corrected chi connectivity index (χ4v) is 1.88. The molecule has 0 amide bonds. The molecule has 1 unspecified atom stereocenters. The second kappa shape index (κ2) is 11.4. The molecule has 0 aliphatic heterocycles. The van der Waals surface area contributed by atoms with E-state index < -0.39 is 29.3 Å². The molecule has 134 valence electrons. The van der Waals surface area contributed by atoms with Crippen molar-refractivity contribution in [1.82, 2.24) is 0 Å². The topological polar surface area (TPSA) is 149 Å². The second-order valence-electron chi connectivity index (χ2n) is 6.09. The minimum atomic E-state index is -0.885. The van der Waals surface area contributed by atoms with Gasteiger partial charge >= 0.3 is 23.9 Å². The maximum Gasteiger partial charge on any atom is 0.309 e. The first-order valence-electron chi connectivity index (χ1n) is 7.27. The molecule has 8 nitrogen and oxygen atoms in total. The molecule has 1 atom stereocenters. The second-order valence-corrected chi connectivity index (χ2v) is 6.09. The molecule has 4 N–H and O–H groups in total. The molecule has 0 heterocycles. The molecule has 0 aliphatic rings. The summed E-state index contributed by atoms with van der Waals surface area (Å²) < 4.78 is 0. The van der Waals surface area contributed by atoms with Crippen molar-refractivity contribution in [1.29, 1.82) is 0 Å². The van der Waals surface area contributed by atoms with Gasteiger partial charge in [0.25, 0.3) is 0 Å². The molecule has 0 fully saturated rings. The number of hydrogen-bond donors (Lipinski definition) is 4. The Bertz CT molecular complexity index is 398. The Kier molecular flexibility index (Phi) is 11.5. The number of rotatable bonds is 10. The first kappa shape index (κ1) is 23.2. The molecule has 0 spiro atoms. The Morgan fingerprint density at radius 2 is 1.22 bits per heavy atom. The predicted molar refractivity (Wildman–Crippen MR) is 81.2 cm³/mol. The standard InChI is InChI=1S/C9H16O4.C6H10O4/c1-6(4-7(10)11)5-9(2,3)8(12)13;7-5(8)3-1-2-4-6(9)10/h6H,4-5H2,1-3H3,(H,10,11)(H,12,13);1-4H2,(H,7,8)(H,9,10). The number of carbonyl (C=O) groups is 4. The lowest BCUT2D eigenvalue weighted by atomic mass is 9.82. The summed E-state index contributed by atoms with van der Waals surface area (Å²) in [6, 6.07) is 0. The van der Waals surface area contributed by atoms with Crippen LogP contribution < -0.4 is 0 Å². The number of unbranched alkanes of at least 4 members (excludes halogenated alkanes) is 1. The van der Waals surface area contributed by atoms with Gasteiger partial charge in [-0.25, -0.2) is 0 Å². The lowest BCUT2D eigenvalue weighted by Crippen LogP contribution is -2.26. The molecule has 0 rings (SSSR count). The van der Waals surface area contributed by atoms with Crippen LogP contribution in [0, 0.1) is 11.3 Å². The zero-order chi connectivity index (χ0) is 18.6. The van der Waals surface area contributed by atoms with Gasteiger partial charge in [-0.05, 0) is 39.0 Å². The molecule has 0 aromatic rings. The van der Waals surface area contributed by atoms with Gasteiger partial charge in [0.2, 0.25) is 0 Å². The van der Waals surface area contributed by atoms with Gasteiger partial charge in [0.05, 0.1) is 5.41 Å². The van der Waals surface area contributed by atoms with E-state index in [9.17, 15) is 19.2 Å². The van der Waals surface area contributed by atoms with Crippen molar-refractivity contribution in [2.24, 2.45) is 11.3 Å². The Labute approximate surface area is 135 Å². The lowest BCUT2D eigenvalue weighted by Gasteiger charge is -2.22. The van der Waals surface area contributed by atoms with Crippen LogP contribution >= 0.6 is 0 Å². The average molecular weight is 334 g/mol. The zero-order valence-corrected chi connectivity index (χ0v) is 13.7. The van der Waals surface area contributed by atoms with Crippen LogP contribution in [0.2, 0.25) is 0 Å². The van der Waals surface area contributed by atoms with Gasteiger partial charge < -0.3 is 20.4 Å². The summed E-state index contributed by atoms with van der Waals surface area (Å²) in [5.74, 6) is -3.61. The summed E-state index contributed by atoms with van der Waals surface area (Å²) in [7, 11) is 0. The van der Waals surface area contributed by atoms with Crippen LogP contribution in [0.3, 0.4) is 0 Å². The Hall–Kier alpha value is -2.12. The fourth-order valence-electron chi connectivity index (χ4n) is 1.88. The van der Waals surface area contributed by atoms with Crippen LogP contribution in [0.1, 0.15) is 59.3 Å². The smallest absolute Gasteiger partial charge is 0.309 e. The highest BCUT2D eigenvalue weighted by Gasteiger charge is 2.29. The van der Waals surface area contributed by atoms with E-state index in [-0.39, 0.29) is 25.2 Å². The molecule has 0 bridgehead atoms. The van der Waals surface area contributed by atoms with Crippen LogP contribution in [-0.4, -0.2) is 44.3 Å². The Morgan fingerprint density at radius 3 is 1.48 bits per heavy atom. The number of hydrogen-bond acceptors (Lipinski definition) is 4. The van der Waals surface area contributed by atoms with E-state index in [1.807, 2.05) is 0 Å². The summed E-state index contributed by atoms with van der Waals surface area (Å²) in [4.78, 5) is 40.8. The Balaban J connectivity index is 0. The van der Waals surface area contributed by atoms with E-state index in [0.29, 0.717) is 19.3 Å². The summed E-state index contributed by atoms with van der Waals surface area (Å²) in [5.41, 5.74) is -0.838. The molecule has 0 radical (unpaired) electrons. The van der Waals surface area contributed by atoms with Gasteiger partial charge in [-0.15, -0.1) is 0 Å². The first-order chi connectivity index (χ1) is 10.4. The van der Waals surface area contributed by atoms with Crippen molar-refractivity contribution < 1.29 is 39.6 Å². The fraction of sp³-hybridized carbons (Fsp3) is 0.733. The van der Waals surface area contributed by atoms with Crippen LogP contribution in [0.5, 0.6) is 0 Å². The quantitative estimate of drug-likeness (QED) is 0.444. The van der Waals surface area contributed by atoms with Crippen LogP contribution in [-0.2, 0) is 19.2 Å². The van der Waals surface area contributed by atoms with Crippen molar-refractivity contribution in [2.45, 2.75) is 59.3 Å². The highest BCUT2D eigenvalue weighted by molar-refractivity contribution is 5.73. The van der Waals surface area contributed by atoms with Crippen molar-refractivity contribution in [3.05, 3.63) is 0 Å². The third-order valence-corrected chi connectivity index (χ3v) is 2.99. The van der Waals surface area contributed by atoms with Crippen LogP contribution in [0.25, 0.3) is 0 Å². The molecule has 0 aromatic heterocycles. The molecular weight excluding hydrogens is 308 g/mol. The molecule has 23 heavy (non-hydrogen) atoms. The van der Waals surface area contributed by atoms with Gasteiger partial charge in [0.1, 0.15) is 0 Å². The molecular formula is C15H26O8. The van der Waals surface area contributed by atoms with Crippen LogP contribution in [0.15, 0.2) is 0 Å². The maximum atomic E-state index is 10.7. The summed E-state index contributed by atoms with van der Waals surface area (Å²) in [6.07, 6.45) is 1.43. The third-order valence-electron chi connectivity index (χ3n) is 2.99. The van der Waals surface area contributed by atoms with Crippen molar-refractivity contribution >= 4 is 23.9 Å².